The Bertz CT molecular complexity index is 1080. The van der Waals surface area contributed by atoms with E-state index >= 15 is 0 Å². The zero-order valence-electron chi connectivity index (χ0n) is 17.7. The Labute approximate surface area is 181 Å². The largest absolute Gasteiger partial charge is 0.366 e. The molecule has 0 bridgehead atoms. The Morgan fingerprint density at radius 1 is 0.967 bits per heavy atom. The normalized spacial score (nSPS) is 15.7. The topological polar surface area (TPSA) is 75.6 Å². The van der Waals surface area contributed by atoms with Crippen molar-refractivity contribution in [2.45, 2.75) is 39.6 Å². The highest BCUT2D eigenvalue weighted by molar-refractivity contribution is 8.09. The van der Waals surface area contributed by atoms with Gasteiger partial charge in [-0.1, -0.05) is 24.8 Å². The summed E-state index contributed by atoms with van der Waals surface area (Å²) in [6.07, 6.45) is 8.15. The first-order valence-corrected chi connectivity index (χ1v) is 11.0. The second kappa shape index (κ2) is 8.93. The zero-order chi connectivity index (χ0) is 21.1. The van der Waals surface area contributed by atoms with Crippen molar-refractivity contribution in [1.29, 1.82) is 0 Å². The van der Waals surface area contributed by atoms with Gasteiger partial charge in [0.25, 0.3) is 0 Å². The monoisotopic (exact) mass is 418 g/mol. The van der Waals surface area contributed by atoms with E-state index < -0.39 is 0 Å². The molecular weight excluding hydrogens is 392 g/mol. The Balaban J connectivity index is 1.78. The first-order chi connectivity index (χ1) is 14.5. The fraction of sp³-hybridized carbons (Fsp3) is 0.304. The van der Waals surface area contributed by atoms with Crippen LogP contribution < -0.4 is 10.6 Å². The van der Waals surface area contributed by atoms with E-state index in [0.717, 1.165) is 34.8 Å². The van der Waals surface area contributed by atoms with E-state index in [4.69, 9.17) is 9.97 Å². The quantitative estimate of drug-likeness (QED) is 0.613. The average molecular weight is 419 g/mol. The van der Waals surface area contributed by atoms with Crippen LogP contribution in [-0.4, -0.2) is 32.0 Å². The molecule has 2 N–H and O–H groups in total. The van der Waals surface area contributed by atoms with Gasteiger partial charge in [-0.05, 0) is 62.6 Å². The Morgan fingerprint density at radius 3 is 2.53 bits per heavy atom. The number of benzene rings is 1. The minimum atomic E-state index is 0.154. The van der Waals surface area contributed by atoms with Crippen molar-refractivity contribution in [3.8, 4) is 22.8 Å². The summed E-state index contributed by atoms with van der Waals surface area (Å²) in [7, 11) is 0. The molecule has 30 heavy (non-hydrogen) atoms. The van der Waals surface area contributed by atoms with Gasteiger partial charge in [0.05, 0.1) is 22.5 Å². The van der Waals surface area contributed by atoms with Gasteiger partial charge in [0.1, 0.15) is 11.2 Å². The zero-order valence-corrected chi connectivity index (χ0v) is 18.5. The molecule has 154 valence electrons. The van der Waals surface area contributed by atoms with E-state index in [2.05, 4.69) is 66.5 Å². The fourth-order valence-electron chi connectivity index (χ4n) is 3.33. The van der Waals surface area contributed by atoms with Gasteiger partial charge >= 0.3 is 0 Å². The number of nitrogens with one attached hydrogen (secondary N) is 2. The third kappa shape index (κ3) is 4.37. The molecule has 0 saturated carbocycles. The van der Waals surface area contributed by atoms with Crippen LogP contribution in [0.4, 0.5) is 0 Å². The Kier molecular flexibility index (Phi) is 6.11. The average Bonchev–Trinajstić information content (AvgIpc) is 3.24. The van der Waals surface area contributed by atoms with Crippen molar-refractivity contribution in [2.75, 3.05) is 6.54 Å². The first-order valence-electron chi connectivity index (χ1n) is 10.2. The van der Waals surface area contributed by atoms with E-state index in [-0.39, 0.29) is 5.50 Å². The third-order valence-corrected chi connectivity index (χ3v) is 6.20. The molecule has 1 aromatic carbocycles. The van der Waals surface area contributed by atoms with Gasteiger partial charge in [0.15, 0.2) is 5.82 Å². The van der Waals surface area contributed by atoms with E-state index in [1.807, 2.05) is 6.20 Å². The van der Waals surface area contributed by atoms with Crippen molar-refractivity contribution in [2.24, 2.45) is 0 Å². The summed E-state index contributed by atoms with van der Waals surface area (Å²) in [4.78, 5) is 19.4. The van der Waals surface area contributed by atoms with Crippen LogP contribution in [0.3, 0.4) is 0 Å². The summed E-state index contributed by atoms with van der Waals surface area (Å²) in [6.45, 7) is 9.52. The van der Waals surface area contributed by atoms with Gasteiger partial charge in [-0.15, -0.1) is 0 Å². The van der Waals surface area contributed by atoms with Gasteiger partial charge in [-0.3, -0.25) is 10.3 Å². The maximum atomic E-state index is 4.86. The number of aromatic nitrogens is 4. The standard InChI is InChI=1S/C23H26N6S/c1-5-6-26-23-27-13-21(30-23)19-11-18(17-10-15(3)14(2)9-16(17)4)28-22(29-19)20-12-24-7-8-25-20/h7-13,23,26-27H,5-6H2,1-4H3. The number of aryl methyl sites for hydroxylation is 3. The smallest absolute Gasteiger partial charge is 0.180 e. The maximum absolute atomic E-state index is 4.86. The second-order valence-electron chi connectivity index (χ2n) is 7.43. The van der Waals surface area contributed by atoms with Crippen LogP contribution in [-0.2, 0) is 0 Å². The molecule has 0 saturated heterocycles. The minimum Gasteiger partial charge on any atom is -0.366 e. The molecule has 1 atom stereocenters. The Morgan fingerprint density at radius 2 is 1.77 bits per heavy atom. The summed E-state index contributed by atoms with van der Waals surface area (Å²) >= 11 is 1.73. The Hall–Kier alpha value is -2.77. The predicted octanol–water partition coefficient (Wildman–Crippen LogP) is 4.44. The first kappa shape index (κ1) is 20.5. The van der Waals surface area contributed by atoms with Crippen molar-refractivity contribution < 1.29 is 0 Å². The SMILES string of the molecule is CCCNC1NC=C(c2cc(-c3cc(C)c(C)cc3C)nc(-c3cnccn3)n2)S1. The summed E-state index contributed by atoms with van der Waals surface area (Å²) < 4.78 is 0. The van der Waals surface area contributed by atoms with Crippen molar-refractivity contribution >= 4 is 16.7 Å². The second-order valence-corrected chi connectivity index (χ2v) is 8.58. The summed E-state index contributed by atoms with van der Waals surface area (Å²) in [6, 6.07) is 6.49. The lowest BCUT2D eigenvalue weighted by Gasteiger charge is -2.14. The van der Waals surface area contributed by atoms with Crippen LogP contribution in [0.5, 0.6) is 0 Å². The molecule has 6 nitrogen and oxygen atoms in total. The van der Waals surface area contributed by atoms with Gasteiger partial charge < -0.3 is 5.32 Å². The highest BCUT2D eigenvalue weighted by Crippen LogP contribution is 2.35. The van der Waals surface area contributed by atoms with Gasteiger partial charge in [0, 0.05) is 24.2 Å². The fourth-order valence-corrected chi connectivity index (χ4v) is 4.29. The van der Waals surface area contributed by atoms with Crippen molar-refractivity contribution in [3.05, 3.63) is 65.4 Å². The van der Waals surface area contributed by atoms with Gasteiger partial charge in [-0.25, -0.2) is 15.0 Å². The van der Waals surface area contributed by atoms with Crippen LogP contribution in [0.2, 0.25) is 0 Å². The lowest BCUT2D eigenvalue weighted by atomic mass is 9.98. The third-order valence-electron chi connectivity index (χ3n) is 5.08. The van der Waals surface area contributed by atoms with Crippen LogP contribution in [0.15, 0.2) is 43.0 Å². The molecule has 1 aliphatic heterocycles. The number of thioether (sulfide) groups is 1. The van der Waals surface area contributed by atoms with Crippen molar-refractivity contribution in [3.63, 3.8) is 0 Å². The molecule has 7 heteroatoms. The molecule has 3 aromatic rings. The maximum Gasteiger partial charge on any atom is 0.180 e. The number of hydrogen-bond acceptors (Lipinski definition) is 7. The molecule has 4 rings (SSSR count). The molecule has 1 aliphatic rings. The summed E-state index contributed by atoms with van der Waals surface area (Å²) in [5.74, 6) is 0.583. The molecule has 0 aliphatic carbocycles. The highest BCUT2D eigenvalue weighted by Gasteiger charge is 2.21. The van der Waals surface area contributed by atoms with Crippen LogP contribution in [0.1, 0.15) is 35.7 Å². The summed E-state index contributed by atoms with van der Waals surface area (Å²) in [5, 5.41) is 6.87. The molecule has 0 fully saturated rings. The number of hydrogen-bond donors (Lipinski definition) is 2. The van der Waals surface area contributed by atoms with Crippen LogP contribution >= 0.6 is 11.8 Å². The van der Waals surface area contributed by atoms with Gasteiger partial charge in [0.2, 0.25) is 0 Å². The van der Waals surface area contributed by atoms with E-state index in [9.17, 15) is 0 Å². The van der Waals surface area contributed by atoms with Crippen molar-refractivity contribution in [1.82, 2.24) is 30.6 Å². The molecule has 0 amide bonds. The van der Waals surface area contributed by atoms with E-state index in [1.54, 1.807) is 30.4 Å². The molecule has 1 unspecified atom stereocenters. The molecule has 2 aromatic heterocycles. The highest BCUT2D eigenvalue weighted by atomic mass is 32.2. The minimum absolute atomic E-state index is 0.154. The lowest BCUT2D eigenvalue weighted by molar-refractivity contribution is 0.607. The molecule has 0 spiro atoms. The molecule has 3 heterocycles. The molecular formula is C23H26N6S. The lowest BCUT2D eigenvalue weighted by Crippen LogP contribution is -2.34. The van der Waals surface area contributed by atoms with Crippen LogP contribution in [0.25, 0.3) is 27.7 Å². The molecule has 0 radical (unpaired) electrons. The van der Waals surface area contributed by atoms with E-state index in [0.29, 0.717) is 11.5 Å². The van der Waals surface area contributed by atoms with E-state index in [1.165, 1.54) is 16.7 Å². The number of nitrogens with zero attached hydrogens (tertiary/aromatic N) is 4. The van der Waals surface area contributed by atoms with Crippen LogP contribution in [0, 0.1) is 20.8 Å². The summed E-state index contributed by atoms with van der Waals surface area (Å²) in [5.41, 5.74) is 7.44. The van der Waals surface area contributed by atoms with Gasteiger partial charge in [-0.2, -0.15) is 0 Å². The predicted molar refractivity (Wildman–Crippen MR) is 123 cm³/mol. The number of rotatable bonds is 6.